The SMILES string of the molecule is N#Cc1cc(F)ccc1C1CN([C@H]2CCC[C@H]2Oc2ccc3c(c2)CN(C24CC(C2)C(=O)NC4=O)C3=O)C1. The fourth-order valence-corrected chi connectivity index (χ4v) is 7.11. The quantitative estimate of drug-likeness (QED) is 0.616. The van der Waals surface area contributed by atoms with Crippen LogP contribution in [0.25, 0.3) is 0 Å². The molecule has 2 aliphatic carbocycles. The van der Waals surface area contributed by atoms with Crippen LogP contribution in [-0.4, -0.2) is 58.3 Å². The van der Waals surface area contributed by atoms with Crippen molar-refractivity contribution in [2.75, 3.05) is 13.1 Å². The number of piperidine rings is 2. The van der Waals surface area contributed by atoms with Gasteiger partial charge in [0.05, 0.1) is 11.6 Å². The number of carbonyl (C=O) groups is 3. The van der Waals surface area contributed by atoms with E-state index in [4.69, 9.17) is 4.74 Å². The van der Waals surface area contributed by atoms with Crippen LogP contribution in [0.15, 0.2) is 36.4 Å². The molecule has 0 aromatic heterocycles. The van der Waals surface area contributed by atoms with Crippen LogP contribution >= 0.6 is 0 Å². The van der Waals surface area contributed by atoms with Gasteiger partial charge in [-0.05, 0) is 73.6 Å². The second-order valence-electron chi connectivity index (χ2n) is 11.3. The fourth-order valence-electron chi connectivity index (χ4n) is 7.11. The first-order chi connectivity index (χ1) is 18.4. The molecule has 5 fully saturated rings. The number of nitrogens with one attached hydrogen (secondary N) is 1. The molecule has 8 rings (SSSR count). The lowest BCUT2D eigenvalue weighted by Gasteiger charge is -2.53. The van der Waals surface area contributed by atoms with E-state index in [1.54, 1.807) is 17.0 Å². The first-order valence-corrected chi connectivity index (χ1v) is 13.3. The number of rotatable bonds is 5. The predicted octanol–water partition coefficient (Wildman–Crippen LogP) is 2.86. The summed E-state index contributed by atoms with van der Waals surface area (Å²) < 4.78 is 20.0. The number of nitriles is 1. The van der Waals surface area contributed by atoms with Crippen LogP contribution in [0.4, 0.5) is 4.39 Å². The zero-order chi connectivity index (χ0) is 26.2. The van der Waals surface area contributed by atoms with Crippen molar-refractivity contribution < 1.29 is 23.5 Å². The van der Waals surface area contributed by atoms with Gasteiger partial charge in [-0.3, -0.25) is 24.6 Å². The van der Waals surface area contributed by atoms with Crippen molar-refractivity contribution in [3.63, 3.8) is 0 Å². The lowest BCUT2D eigenvalue weighted by atomic mass is 9.63. The third-order valence-electron chi connectivity index (χ3n) is 9.26. The van der Waals surface area contributed by atoms with E-state index in [0.29, 0.717) is 36.3 Å². The minimum Gasteiger partial charge on any atom is -0.489 e. The van der Waals surface area contributed by atoms with E-state index in [9.17, 15) is 24.0 Å². The molecule has 0 spiro atoms. The van der Waals surface area contributed by atoms with Crippen LogP contribution in [0.2, 0.25) is 0 Å². The van der Waals surface area contributed by atoms with Gasteiger partial charge in [-0.15, -0.1) is 0 Å². The maximum atomic E-state index is 13.5. The monoisotopic (exact) mass is 514 g/mol. The second kappa shape index (κ2) is 8.37. The summed E-state index contributed by atoms with van der Waals surface area (Å²) in [4.78, 5) is 41.7. The third-order valence-corrected chi connectivity index (χ3v) is 9.26. The maximum Gasteiger partial charge on any atom is 0.255 e. The average molecular weight is 515 g/mol. The summed E-state index contributed by atoms with van der Waals surface area (Å²) in [5, 5.41) is 11.8. The summed E-state index contributed by atoms with van der Waals surface area (Å²) >= 11 is 0. The number of ether oxygens (including phenoxy) is 1. The van der Waals surface area contributed by atoms with Crippen LogP contribution in [0.3, 0.4) is 0 Å². The Bertz CT molecular complexity index is 1420. The van der Waals surface area contributed by atoms with E-state index in [1.807, 2.05) is 12.1 Å². The number of imide groups is 1. The Morgan fingerprint density at radius 3 is 2.63 bits per heavy atom. The van der Waals surface area contributed by atoms with Crippen LogP contribution in [0.1, 0.15) is 65.1 Å². The number of nitrogens with zero attached hydrogens (tertiary/aromatic N) is 3. The molecular formula is C29H27FN4O4. The second-order valence-corrected chi connectivity index (χ2v) is 11.3. The molecule has 194 valence electrons. The highest BCUT2D eigenvalue weighted by Gasteiger charge is 2.63. The standard InChI is InChI=1S/C29H27FN4O4/c30-20-4-6-22(16(8-20)12-31)19-13-33(14-19)24-2-1-3-25(24)38-21-5-7-23-17(9-21)15-34(27(23)36)29-10-18(11-29)26(35)32-28(29)37/h4-9,18-19,24-25H,1-3,10-11,13-15H2,(H,32,35,37)/t18?,24-,25+,29?/m0/s1. The summed E-state index contributed by atoms with van der Waals surface area (Å²) in [7, 11) is 0. The van der Waals surface area contributed by atoms with Crippen molar-refractivity contribution in [1.29, 1.82) is 5.26 Å². The molecule has 4 heterocycles. The molecule has 38 heavy (non-hydrogen) atoms. The Balaban J connectivity index is 1.02. The molecule has 0 radical (unpaired) electrons. The number of hydrogen-bond acceptors (Lipinski definition) is 6. The van der Waals surface area contributed by atoms with Gasteiger partial charge in [0.15, 0.2) is 0 Å². The number of amides is 3. The lowest BCUT2D eigenvalue weighted by Crippen LogP contribution is -2.73. The number of carbonyl (C=O) groups excluding carboxylic acids is 3. The highest BCUT2D eigenvalue weighted by molar-refractivity contribution is 6.10. The molecule has 4 aliphatic heterocycles. The summed E-state index contributed by atoms with van der Waals surface area (Å²) in [5.74, 6) is -0.438. The third kappa shape index (κ3) is 3.39. The molecule has 2 atom stereocenters. The van der Waals surface area contributed by atoms with Gasteiger partial charge < -0.3 is 9.64 Å². The molecule has 3 saturated heterocycles. The number of hydrogen-bond donors (Lipinski definition) is 1. The van der Waals surface area contributed by atoms with Crippen molar-refractivity contribution >= 4 is 17.7 Å². The van der Waals surface area contributed by atoms with E-state index in [1.165, 1.54) is 12.1 Å². The molecule has 6 aliphatic rings. The van der Waals surface area contributed by atoms with Crippen LogP contribution in [0, 0.1) is 23.1 Å². The first-order valence-electron chi connectivity index (χ1n) is 13.3. The van der Waals surface area contributed by atoms with Gasteiger partial charge in [0.1, 0.15) is 23.2 Å². The van der Waals surface area contributed by atoms with Crippen molar-refractivity contribution in [2.24, 2.45) is 5.92 Å². The summed E-state index contributed by atoms with van der Waals surface area (Å²) in [6.07, 6.45) is 3.84. The Hall–Kier alpha value is -3.77. The highest BCUT2D eigenvalue weighted by atomic mass is 19.1. The maximum absolute atomic E-state index is 13.5. The molecular weight excluding hydrogens is 487 g/mol. The van der Waals surface area contributed by atoms with Crippen LogP contribution in [0.5, 0.6) is 5.75 Å². The predicted molar refractivity (Wildman–Crippen MR) is 132 cm³/mol. The van der Waals surface area contributed by atoms with Gasteiger partial charge >= 0.3 is 0 Å². The van der Waals surface area contributed by atoms with E-state index < -0.39 is 11.4 Å². The molecule has 2 saturated carbocycles. The smallest absolute Gasteiger partial charge is 0.255 e. The van der Waals surface area contributed by atoms with Gasteiger partial charge in [-0.25, -0.2) is 4.39 Å². The minimum absolute atomic E-state index is 0.0204. The van der Waals surface area contributed by atoms with E-state index in [-0.39, 0.29) is 41.7 Å². The molecule has 1 N–H and O–H groups in total. The Kier molecular flexibility index (Phi) is 5.14. The number of halogens is 1. The van der Waals surface area contributed by atoms with Crippen molar-refractivity contribution in [1.82, 2.24) is 15.1 Å². The summed E-state index contributed by atoms with van der Waals surface area (Å²) in [6.45, 7) is 1.96. The van der Waals surface area contributed by atoms with Gasteiger partial charge in [-0.2, -0.15) is 5.26 Å². The Morgan fingerprint density at radius 2 is 1.87 bits per heavy atom. The molecule has 2 bridgehead atoms. The normalized spacial score (nSPS) is 30.4. The number of benzene rings is 2. The molecule has 2 aromatic carbocycles. The topological polar surface area (TPSA) is 103 Å². The minimum atomic E-state index is -0.920. The molecule has 8 nitrogen and oxygen atoms in total. The Morgan fingerprint density at radius 1 is 1.05 bits per heavy atom. The van der Waals surface area contributed by atoms with Gasteiger partial charge in [0, 0.05) is 43.1 Å². The van der Waals surface area contributed by atoms with Gasteiger partial charge in [-0.1, -0.05) is 6.07 Å². The number of likely N-dealkylation sites (tertiary alicyclic amines) is 1. The molecule has 0 unspecified atom stereocenters. The molecule has 2 aromatic rings. The zero-order valence-corrected chi connectivity index (χ0v) is 20.8. The van der Waals surface area contributed by atoms with Gasteiger partial charge in [0.25, 0.3) is 11.8 Å². The zero-order valence-electron chi connectivity index (χ0n) is 20.8. The largest absolute Gasteiger partial charge is 0.489 e. The van der Waals surface area contributed by atoms with E-state index in [2.05, 4.69) is 16.3 Å². The molecule has 3 amide bonds. The summed E-state index contributed by atoms with van der Waals surface area (Å²) in [5.41, 5.74) is 1.82. The van der Waals surface area contributed by atoms with Crippen molar-refractivity contribution in [3.8, 4) is 11.8 Å². The fraction of sp³-hybridized carbons (Fsp3) is 0.448. The summed E-state index contributed by atoms with van der Waals surface area (Å²) in [6, 6.07) is 12.4. The van der Waals surface area contributed by atoms with E-state index in [0.717, 1.165) is 43.5 Å². The van der Waals surface area contributed by atoms with E-state index >= 15 is 0 Å². The van der Waals surface area contributed by atoms with Crippen LogP contribution < -0.4 is 10.1 Å². The van der Waals surface area contributed by atoms with Crippen molar-refractivity contribution in [2.45, 2.75) is 62.3 Å². The van der Waals surface area contributed by atoms with Crippen LogP contribution in [-0.2, 0) is 16.1 Å². The highest BCUT2D eigenvalue weighted by Crippen LogP contribution is 2.49. The lowest BCUT2D eigenvalue weighted by molar-refractivity contribution is -0.160. The molecule has 9 heteroatoms. The van der Waals surface area contributed by atoms with Crippen molar-refractivity contribution in [3.05, 3.63) is 64.5 Å². The van der Waals surface area contributed by atoms with Gasteiger partial charge in [0.2, 0.25) is 5.91 Å². The number of fused-ring (bicyclic) bond motifs is 3. The first kappa shape index (κ1) is 23.4. The average Bonchev–Trinajstić information content (AvgIpc) is 3.42. The Labute approximate surface area is 219 Å².